The SMILES string of the molecule is COc1ccc(NC(=O)c2c[nH]c3c(c(C)nn3C)c2=O)cc1. The van der Waals surface area contributed by atoms with Crippen molar-refractivity contribution >= 4 is 22.6 Å². The van der Waals surface area contributed by atoms with E-state index in [0.717, 1.165) is 0 Å². The van der Waals surface area contributed by atoms with Crippen LogP contribution in [0.4, 0.5) is 5.69 Å². The quantitative estimate of drug-likeness (QED) is 0.772. The highest BCUT2D eigenvalue weighted by Gasteiger charge is 2.17. The zero-order chi connectivity index (χ0) is 16.6. The van der Waals surface area contributed by atoms with E-state index in [1.54, 1.807) is 50.0 Å². The molecule has 3 rings (SSSR count). The average molecular weight is 312 g/mol. The van der Waals surface area contributed by atoms with Crippen molar-refractivity contribution in [2.75, 3.05) is 12.4 Å². The summed E-state index contributed by atoms with van der Waals surface area (Å²) >= 11 is 0. The van der Waals surface area contributed by atoms with Gasteiger partial charge in [-0.25, -0.2) is 0 Å². The minimum atomic E-state index is -0.471. The summed E-state index contributed by atoms with van der Waals surface area (Å²) in [6, 6.07) is 6.88. The van der Waals surface area contributed by atoms with Crippen LogP contribution in [0.25, 0.3) is 11.0 Å². The molecule has 0 radical (unpaired) electrons. The number of benzene rings is 1. The molecule has 0 aliphatic carbocycles. The number of aromatic amines is 1. The first kappa shape index (κ1) is 14.8. The summed E-state index contributed by atoms with van der Waals surface area (Å²) in [5.41, 5.74) is 1.47. The number of pyridine rings is 1. The first-order chi connectivity index (χ1) is 11.0. The van der Waals surface area contributed by atoms with E-state index in [0.29, 0.717) is 28.2 Å². The topological polar surface area (TPSA) is 89.0 Å². The zero-order valence-electron chi connectivity index (χ0n) is 13.0. The number of aryl methyl sites for hydroxylation is 2. The summed E-state index contributed by atoms with van der Waals surface area (Å²) in [6.45, 7) is 1.74. The van der Waals surface area contributed by atoms with Gasteiger partial charge in [0.2, 0.25) is 5.43 Å². The van der Waals surface area contributed by atoms with Crippen LogP contribution in [0.5, 0.6) is 5.75 Å². The number of carbonyl (C=O) groups excluding carboxylic acids is 1. The van der Waals surface area contributed by atoms with E-state index < -0.39 is 5.91 Å². The number of hydrogen-bond acceptors (Lipinski definition) is 4. The molecule has 7 nitrogen and oxygen atoms in total. The predicted molar refractivity (Wildman–Crippen MR) is 87.0 cm³/mol. The van der Waals surface area contributed by atoms with Gasteiger partial charge in [-0.05, 0) is 31.2 Å². The van der Waals surface area contributed by atoms with E-state index in [-0.39, 0.29) is 11.0 Å². The van der Waals surface area contributed by atoms with Crippen LogP contribution in [0, 0.1) is 6.92 Å². The van der Waals surface area contributed by atoms with Gasteiger partial charge in [0.25, 0.3) is 5.91 Å². The Balaban J connectivity index is 1.96. The fourth-order valence-corrected chi connectivity index (χ4v) is 2.48. The number of ether oxygens (including phenoxy) is 1. The van der Waals surface area contributed by atoms with Crippen LogP contribution < -0.4 is 15.5 Å². The van der Waals surface area contributed by atoms with Crippen molar-refractivity contribution in [1.82, 2.24) is 14.8 Å². The molecule has 118 valence electrons. The van der Waals surface area contributed by atoms with Gasteiger partial charge in [0.15, 0.2) is 0 Å². The molecule has 0 saturated heterocycles. The van der Waals surface area contributed by atoms with Gasteiger partial charge in [-0.15, -0.1) is 0 Å². The average Bonchev–Trinajstić information content (AvgIpc) is 2.83. The normalized spacial score (nSPS) is 10.7. The van der Waals surface area contributed by atoms with Gasteiger partial charge in [-0.3, -0.25) is 14.3 Å². The molecule has 0 bridgehead atoms. The van der Waals surface area contributed by atoms with Gasteiger partial charge >= 0.3 is 0 Å². The Labute approximate surface area is 131 Å². The Hall–Kier alpha value is -3.09. The van der Waals surface area contributed by atoms with Crippen molar-refractivity contribution in [1.29, 1.82) is 0 Å². The summed E-state index contributed by atoms with van der Waals surface area (Å²) in [6.07, 6.45) is 1.41. The maximum absolute atomic E-state index is 12.5. The highest BCUT2D eigenvalue weighted by molar-refractivity contribution is 6.05. The molecule has 2 N–H and O–H groups in total. The van der Waals surface area contributed by atoms with Crippen LogP contribution in [0.3, 0.4) is 0 Å². The number of anilines is 1. The maximum Gasteiger partial charge on any atom is 0.261 e. The van der Waals surface area contributed by atoms with Crippen LogP contribution in [0.2, 0.25) is 0 Å². The lowest BCUT2D eigenvalue weighted by atomic mass is 10.2. The van der Waals surface area contributed by atoms with Crippen molar-refractivity contribution < 1.29 is 9.53 Å². The molecule has 23 heavy (non-hydrogen) atoms. The lowest BCUT2D eigenvalue weighted by molar-refractivity contribution is 0.102. The monoisotopic (exact) mass is 312 g/mol. The van der Waals surface area contributed by atoms with Crippen LogP contribution in [-0.4, -0.2) is 27.8 Å². The number of fused-ring (bicyclic) bond motifs is 1. The number of H-pyrrole nitrogens is 1. The van der Waals surface area contributed by atoms with Gasteiger partial charge in [-0.2, -0.15) is 5.10 Å². The number of nitrogens with one attached hydrogen (secondary N) is 2. The summed E-state index contributed by atoms with van der Waals surface area (Å²) in [7, 11) is 3.31. The van der Waals surface area contributed by atoms with Crippen LogP contribution in [0.1, 0.15) is 16.1 Å². The molecule has 1 amide bonds. The molecule has 3 aromatic rings. The van der Waals surface area contributed by atoms with E-state index in [1.807, 2.05) is 0 Å². The number of methoxy groups -OCH3 is 1. The van der Waals surface area contributed by atoms with Crippen LogP contribution >= 0.6 is 0 Å². The Morgan fingerprint density at radius 2 is 2.00 bits per heavy atom. The summed E-state index contributed by atoms with van der Waals surface area (Å²) in [5, 5.41) is 7.32. The van der Waals surface area contributed by atoms with Gasteiger partial charge < -0.3 is 15.0 Å². The fourth-order valence-electron chi connectivity index (χ4n) is 2.48. The lowest BCUT2D eigenvalue weighted by Gasteiger charge is -2.06. The van der Waals surface area contributed by atoms with Gasteiger partial charge in [0.1, 0.15) is 17.0 Å². The Morgan fingerprint density at radius 1 is 1.30 bits per heavy atom. The Bertz CT molecular complexity index is 938. The lowest BCUT2D eigenvalue weighted by Crippen LogP contribution is -2.22. The third-order valence-corrected chi connectivity index (χ3v) is 3.64. The van der Waals surface area contributed by atoms with Crippen LogP contribution in [-0.2, 0) is 7.05 Å². The number of rotatable bonds is 3. The second-order valence-electron chi connectivity index (χ2n) is 5.15. The standard InChI is InChI=1S/C16H16N4O3/c1-9-13-14(21)12(8-17-15(13)20(2)19-9)16(22)18-10-4-6-11(23-3)7-5-10/h4-8H,1-3H3,(H,17,21)(H,18,22). The van der Waals surface area contributed by atoms with E-state index >= 15 is 0 Å². The molecule has 0 fully saturated rings. The molecule has 0 saturated carbocycles. The third kappa shape index (κ3) is 2.57. The zero-order valence-corrected chi connectivity index (χ0v) is 13.0. The largest absolute Gasteiger partial charge is 0.497 e. The summed E-state index contributed by atoms with van der Waals surface area (Å²) < 4.78 is 6.65. The molecule has 1 aromatic carbocycles. The molecule has 0 aliphatic heterocycles. The first-order valence-corrected chi connectivity index (χ1v) is 7.01. The molecule has 2 heterocycles. The summed E-state index contributed by atoms with van der Waals surface area (Å²) in [4.78, 5) is 27.9. The Kier molecular flexibility index (Phi) is 3.61. The highest BCUT2D eigenvalue weighted by atomic mass is 16.5. The number of hydrogen-bond donors (Lipinski definition) is 2. The maximum atomic E-state index is 12.5. The molecular weight excluding hydrogens is 296 g/mol. The summed E-state index contributed by atoms with van der Waals surface area (Å²) in [5.74, 6) is 0.217. The van der Waals surface area contributed by atoms with Crippen molar-refractivity contribution in [2.24, 2.45) is 7.05 Å². The van der Waals surface area contributed by atoms with Gasteiger partial charge in [0.05, 0.1) is 18.2 Å². The van der Waals surface area contributed by atoms with Crippen molar-refractivity contribution in [3.05, 3.63) is 51.9 Å². The second-order valence-corrected chi connectivity index (χ2v) is 5.15. The van der Waals surface area contributed by atoms with E-state index in [2.05, 4.69) is 15.4 Å². The number of amides is 1. The number of nitrogens with zero attached hydrogens (tertiary/aromatic N) is 2. The van der Waals surface area contributed by atoms with Crippen molar-refractivity contribution in [2.45, 2.75) is 6.92 Å². The Morgan fingerprint density at radius 3 is 2.65 bits per heavy atom. The highest BCUT2D eigenvalue weighted by Crippen LogP contribution is 2.16. The predicted octanol–water partition coefficient (Wildman–Crippen LogP) is 1.83. The van der Waals surface area contributed by atoms with Gasteiger partial charge in [0, 0.05) is 18.9 Å². The molecule has 2 aromatic heterocycles. The molecule has 0 spiro atoms. The smallest absolute Gasteiger partial charge is 0.261 e. The van der Waals surface area contributed by atoms with Crippen LogP contribution in [0.15, 0.2) is 35.3 Å². The van der Waals surface area contributed by atoms with Gasteiger partial charge in [-0.1, -0.05) is 0 Å². The minimum Gasteiger partial charge on any atom is -0.497 e. The molecular formula is C16H16N4O3. The molecule has 0 atom stereocenters. The first-order valence-electron chi connectivity index (χ1n) is 7.01. The van der Waals surface area contributed by atoms with Crippen molar-refractivity contribution in [3.63, 3.8) is 0 Å². The fraction of sp³-hybridized carbons (Fsp3) is 0.188. The second kappa shape index (κ2) is 5.60. The number of carbonyl (C=O) groups is 1. The van der Waals surface area contributed by atoms with E-state index in [4.69, 9.17) is 4.74 Å². The third-order valence-electron chi connectivity index (χ3n) is 3.64. The molecule has 0 unspecified atom stereocenters. The minimum absolute atomic E-state index is 0.0458. The van der Waals surface area contributed by atoms with Crippen molar-refractivity contribution in [3.8, 4) is 5.75 Å². The van der Waals surface area contributed by atoms with E-state index in [1.165, 1.54) is 6.20 Å². The van der Waals surface area contributed by atoms with E-state index in [9.17, 15) is 9.59 Å². The molecule has 0 aliphatic rings. The number of aromatic nitrogens is 3. The molecule has 7 heteroatoms.